The van der Waals surface area contributed by atoms with Crippen LogP contribution in [0.2, 0.25) is 0 Å². The first-order chi connectivity index (χ1) is 13.4. The second kappa shape index (κ2) is 7.33. The summed E-state index contributed by atoms with van der Waals surface area (Å²) in [5.41, 5.74) is 3.17. The smallest absolute Gasteiger partial charge is 0.258 e. The van der Waals surface area contributed by atoms with Crippen LogP contribution in [0.1, 0.15) is 47.7 Å². The number of para-hydroxylation sites is 1. The highest BCUT2D eigenvalue weighted by Crippen LogP contribution is 2.34. The zero-order valence-electron chi connectivity index (χ0n) is 16.4. The van der Waals surface area contributed by atoms with Crippen molar-refractivity contribution in [3.63, 3.8) is 0 Å². The molecule has 28 heavy (non-hydrogen) atoms. The molecular weight excluding hydrogens is 372 g/mol. The van der Waals surface area contributed by atoms with Crippen molar-refractivity contribution in [3.05, 3.63) is 59.2 Å². The molecule has 2 heterocycles. The van der Waals surface area contributed by atoms with Gasteiger partial charge in [-0.05, 0) is 62.4 Å². The van der Waals surface area contributed by atoms with E-state index >= 15 is 0 Å². The van der Waals surface area contributed by atoms with E-state index in [4.69, 9.17) is 0 Å². The Balaban J connectivity index is 1.70. The zero-order valence-corrected chi connectivity index (χ0v) is 17.2. The largest absolute Gasteiger partial charge is 0.305 e. The maximum absolute atomic E-state index is 13.3. The Morgan fingerprint density at radius 1 is 1.04 bits per heavy atom. The van der Waals surface area contributed by atoms with Crippen LogP contribution in [0, 0.1) is 6.92 Å². The second-order valence-electron chi connectivity index (χ2n) is 7.80. The maximum atomic E-state index is 13.3. The van der Waals surface area contributed by atoms with Gasteiger partial charge in [0.05, 0.1) is 4.90 Å². The Kier molecular flexibility index (Phi) is 5.02. The van der Waals surface area contributed by atoms with E-state index in [0.717, 1.165) is 36.9 Å². The van der Waals surface area contributed by atoms with E-state index in [-0.39, 0.29) is 16.8 Å². The normalized spacial score (nSPS) is 20.2. The van der Waals surface area contributed by atoms with Crippen molar-refractivity contribution < 1.29 is 13.2 Å². The fourth-order valence-electron chi connectivity index (χ4n) is 4.27. The van der Waals surface area contributed by atoms with Crippen molar-refractivity contribution in [2.45, 2.75) is 50.5 Å². The molecule has 5 nitrogen and oxygen atoms in total. The van der Waals surface area contributed by atoms with Gasteiger partial charge in [0.25, 0.3) is 5.91 Å². The van der Waals surface area contributed by atoms with E-state index in [1.807, 2.05) is 31.2 Å². The summed E-state index contributed by atoms with van der Waals surface area (Å²) in [6, 6.07) is 13.0. The number of nitrogens with zero attached hydrogens (tertiary/aromatic N) is 2. The van der Waals surface area contributed by atoms with Gasteiger partial charge in [-0.15, -0.1) is 0 Å². The quantitative estimate of drug-likeness (QED) is 0.791. The van der Waals surface area contributed by atoms with Gasteiger partial charge < -0.3 is 4.90 Å². The molecule has 2 aliphatic rings. The molecule has 0 aromatic heterocycles. The fourth-order valence-corrected chi connectivity index (χ4v) is 6.04. The summed E-state index contributed by atoms with van der Waals surface area (Å²) in [5.74, 6) is -0.146. The Labute approximate surface area is 167 Å². The van der Waals surface area contributed by atoms with Crippen molar-refractivity contribution in [3.8, 4) is 0 Å². The fraction of sp³-hybridized carbons (Fsp3) is 0.409. The van der Waals surface area contributed by atoms with Gasteiger partial charge in [0.1, 0.15) is 0 Å². The monoisotopic (exact) mass is 398 g/mol. The lowest BCUT2D eigenvalue weighted by Gasteiger charge is -2.27. The molecule has 0 radical (unpaired) electrons. The van der Waals surface area contributed by atoms with Gasteiger partial charge in [-0.3, -0.25) is 4.79 Å². The SMILES string of the molecule is Cc1ccc(C(=O)N2c3ccccc3C[C@@H]2C)cc1S(=O)(=O)N1CCCCC1. The maximum Gasteiger partial charge on any atom is 0.258 e. The number of hydrogen-bond donors (Lipinski definition) is 0. The molecule has 6 heteroatoms. The summed E-state index contributed by atoms with van der Waals surface area (Å²) >= 11 is 0. The molecule has 0 unspecified atom stereocenters. The van der Waals surface area contributed by atoms with Crippen LogP contribution < -0.4 is 4.90 Å². The lowest BCUT2D eigenvalue weighted by atomic mass is 10.1. The molecule has 2 aliphatic heterocycles. The van der Waals surface area contributed by atoms with E-state index in [1.54, 1.807) is 34.3 Å². The number of fused-ring (bicyclic) bond motifs is 1. The van der Waals surface area contributed by atoms with Crippen LogP contribution in [0.25, 0.3) is 0 Å². The molecule has 148 valence electrons. The van der Waals surface area contributed by atoms with E-state index in [9.17, 15) is 13.2 Å². The first-order valence-corrected chi connectivity index (χ1v) is 11.4. The zero-order chi connectivity index (χ0) is 19.9. The number of anilines is 1. The molecule has 1 fully saturated rings. The highest BCUT2D eigenvalue weighted by Gasteiger charge is 2.33. The summed E-state index contributed by atoms with van der Waals surface area (Å²) in [6.07, 6.45) is 3.65. The molecule has 4 rings (SSSR count). The number of carbonyl (C=O) groups excluding carboxylic acids is 1. The summed E-state index contributed by atoms with van der Waals surface area (Å²) in [5, 5.41) is 0. The van der Waals surface area contributed by atoms with Crippen LogP contribution in [-0.2, 0) is 16.4 Å². The number of sulfonamides is 1. The minimum absolute atomic E-state index is 0.0494. The summed E-state index contributed by atoms with van der Waals surface area (Å²) in [6.45, 7) is 4.92. The molecule has 0 bridgehead atoms. The van der Waals surface area contributed by atoms with Crippen LogP contribution in [0.15, 0.2) is 47.4 Å². The number of carbonyl (C=O) groups is 1. The van der Waals surface area contributed by atoms with Crippen LogP contribution in [0.4, 0.5) is 5.69 Å². The molecule has 1 amide bonds. The van der Waals surface area contributed by atoms with Crippen LogP contribution >= 0.6 is 0 Å². The second-order valence-corrected chi connectivity index (χ2v) is 9.71. The minimum Gasteiger partial charge on any atom is -0.305 e. The first kappa shape index (κ1) is 19.2. The van der Waals surface area contributed by atoms with Crippen molar-refractivity contribution in [1.29, 1.82) is 0 Å². The van der Waals surface area contributed by atoms with E-state index < -0.39 is 10.0 Å². The van der Waals surface area contributed by atoms with Gasteiger partial charge in [-0.25, -0.2) is 8.42 Å². The van der Waals surface area contributed by atoms with Crippen molar-refractivity contribution in [2.24, 2.45) is 0 Å². The van der Waals surface area contributed by atoms with Gasteiger partial charge in [0.2, 0.25) is 10.0 Å². The minimum atomic E-state index is -3.58. The molecule has 1 atom stereocenters. The lowest BCUT2D eigenvalue weighted by Crippen LogP contribution is -2.37. The number of benzene rings is 2. The third-order valence-corrected chi connectivity index (χ3v) is 7.83. The lowest BCUT2D eigenvalue weighted by molar-refractivity contribution is 0.0981. The molecule has 2 aromatic carbocycles. The van der Waals surface area contributed by atoms with Crippen LogP contribution in [0.5, 0.6) is 0 Å². The third-order valence-electron chi connectivity index (χ3n) is 5.79. The number of amides is 1. The Hall–Kier alpha value is -2.18. The van der Waals surface area contributed by atoms with E-state index in [1.165, 1.54) is 0 Å². The molecule has 1 saturated heterocycles. The first-order valence-electron chi connectivity index (χ1n) is 9.92. The van der Waals surface area contributed by atoms with Gasteiger partial charge >= 0.3 is 0 Å². The molecule has 2 aromatic rings. The topological polar surface area (TPSA) is 57.7 Å². The highest BCUT2D eigenvalue weighted by atomic mass is 32.2. The molecule has 0 saturated carbocycles. The standard InChI is InChI=1S/C22H26N2O3S/c1-16-10-11-19(15-21(16)28(26,27)23-12-6-3-7-13-23)22(25)24-17(2)14-18-8-4-5-9-20(18)24/h4-5,8-11,15,17H,3,6-7,12-14H2,1-2H3/t17-/m0/s1. The number of piperidine rings is 1. The number of rotatable bonds is 3. The molecule has 0 N–H and O–H groups in total. The van der Waals surface area contributed by atoms with Crippen molar-refractivity contribution in [1.82, 2.24) is 4.31 Å². The van der Waals surface area contributed by atoms with E-state index in [2.05, 4.69) is 0 Å². The van der Waals surface area contributed by atoms with Crippen molar-refractivity contribution in [2.75, 3.05) is 18.0 Å². The van der Waals surface area contributed by atoms with E-state index in [0.29, 0.717) is 24.2 Å². The van der Waals surface area contributed by atoms with Crippen LogP contribution in [0.3, 0.4) is 0 Å². The Morgan fingerprint density at radius 3 is 2.50 bits per heavy atom. The molecule has 0 spiro atoms. The summed E-state index contributed by atoms with van der Waals surface area (Å²) in [7, 11) is -3.58. The predicted octanol–water partition coefficient (Wildman–Crippen LogP) is 3.76. The van der Waals surface area contributed by atoms with Gasteiger partial charge in [-0.2, -0.15) is 4.31 Å². The van der Waals surface area contributed by atoms with Gasteiger partial charge in [0.15, 0.2) is 0 Å². The molecule has 0 aliphatic carbocycles. The predicted molar refractivity (Wildman–Crippen MR) is 110 cm³/mol. The number of aryl methyl sites for hydroxylation is 1. The summed E-state index contributed by atoms with van der Waals surface area (Å²) < 4.78 is 27.9. The third kappa shape index (κ3) is 3.25. The average Bonchev–Trinajstić information content (AvgIpc) is 3.04. The summed E-state index contributed by atoms with van der Waals surface area (Å²) in [4.78, 5) is 15.3. The van der Waals surface area contributed by atoms with Gasteiger partial charge in [0, 0.05) is 30.4 Å². The van der Waals surface area contributed by atoms with Crippen molar-refractivity contribution >= 4 is 21.6 Å². The van der Waals surface area contributed by atoms with Crippen LogP contribution in [-0.4, -0.2) is 37.8 Å². The Bertz CT molecular complexity index is 1010. The Morgan fingerprint density at radius 2 is 1.75 bits per heavy atom. The average molecular weight is 399 g/mol. The van der Waals surface area contributed by atoms with Gasteiger partial charge in [-0.1, -0.05) is 30.7 Å². The highest BCUT2D eigenvalue weighted by molar-refractivity contribution is 7.89. The molecular formula is C22H26N2O3S. The number of hydrogen-bond acceptors (Lipinski definition) is 3.